The van der Waals surface area contributed by atoms with Crippen LogP contribution in [-0.2, 0) is 22.4 Å². The Morgan fingerprint density at radius 3 is 2.48 bits per heavy atom. The summed E-state index contributed by atoms with van der Waals surface area (Å²) in [5.74, 6) is 1.15. The monoisotopic (exact) mass is 363 g/mol. The van der Waals surface area contributed by atoms with Crippen LogP contribution < -0.4 is 10.2 Å². The molecule has 0 radical (unpaired) electrons. The lowest BCUT2D eigenvalue weighted by molar-refractivity contribution is -0.128. The van der Waals surface area contributed by atoms with Gasteiger partial charge in [-0.25, -0.2) is 9.97 Å². The van der Waals surface area contributed by atoms with E-state index in [0.717, 1.165) is 41.9 Å². The summed E-state index contributed by atoms with van der Waals surface area (Å²) in [6, 6.07) is 3.82. The number of carbonyl (C=O) groups excluding carboxylic acids is 2. The molecule has 2 atom stereocenters. The normalized spacial score (nSPS) is 29.0. The summed E-state index contributed by atoms with van der Waals surface area (Å²) in [6.07, 6.45) is 6.40. The van der Waals surface area contributed by atoms with Crippen molar-refractivity contribution in [3.05, 3.63) is 35.8 Å². The van der Waals surface area contributed by atoms with Gasteiger partial charge in [-0.2, -0.15) is 0 Å². The second-order valence-corrected chi connectivity index (χ2v) is 8.19. The third kappa shape index (κ3) is 2.11. The first-order valence-electron chi connectivity index (χ1n) is 9.33. The van der Waals surface area contributed by atoms with E-state index in [-0.39, 0.29) is 11.8 Å². The van der Waals surface area contributed by atoms with E-state index in [2.05, 4.69) is 15.2 Å². The van der Waals surface area contributed by atoms with Crippen molar-refractivity contribution in [3.8, 4) is 11.4 Å². The fourth-order valence-corrected chi connectivity index (χ4v) is 4.64. The minimum atomic E-state index is -0.741. The SMILES string of the molecule is CC12CN(c3nc(-c4cccnc4)nc4c3CCC4)CC1(C)C(=O)NC2=O. The predicted octanol–water partition coefficient (Wildman–Crippen LogP) is 1.52. The topological polar surface area (TPSA) is 88.1 Å². The highest BCUT2D eigenvalue weighted by atomic mass is 16.2. The zero-order valence-electron chi connectivity index (χ0n) is 15.5. The second kappa shape index (κ2) is 5.34. The van der Waals surface area contributed by atoms with Gasteiger partial charge in [-0.3, -0.25) is 19.9 Å². The number of imide groups is 1. The van der Waals surface area contributed by atoms with E-state index < -0.39 is 10.8 Å². The summed E-state index contributed by atoms with van der Waals surface area (Å²) in [5.41, 5.74) is 1.62. The van der Waals surface area contributed by atoms with Crippen molar-refractivity contribution in [2.24, 2.45) is 10.8 Å². The summed E-state index contributed by atoms with van der Waals surface area (Å²) >= 11 is 0. The van der Waals surface area contributed by atoms with Gasteiger partial charge < -0.3 is 4.90 Å². The number of aromatic nitrogens is 3. The van der Waals surface area contributed by atoms with Gasteiger partial charge in [-0.15, -0.1) is 0 Å². The molecule has 2 aromatic heterocycles. The molecule has 7 heteroatoms. The number of amides is 2. The smallest absolute Gasteiger partial charge is 0.235 e. The van der Waals surface area contributed by atoms with Gasteiger partial charge in [0, 0.05) is 42.3 Å². The Balaban J connectivity index is 1.61. The van der Waals surface area contributed by atoms with Crippen LogP contribution in [0.2, 0.25) is 0 Å². The van der Waals surface area contributed by atoms with Crippen LogP contribution in [0.15, 0.2) is 24.5 Å². The number of anilines is 1. The van der Waals surface area contributed by atoms with Crippen LogP contribution in [0.25, 0.3) is 11.4 Å². The van der Waals surface area contributed by atoms with Gasteiger partial charge >= 0.3 is 0 Å². The molecule has 2 aliphatic heterocycles. The molecule has 0 aromatic carbocycles. The first kappa shape index (κ1) is 16.4. The zero-order valence-corrected chi connectivity index (χ0v) is 15.5. The summed E-state index contributed by atoms with van der Waals surface area (Å²) in [6.45, 7) is 4.74. The van der Waals surface area contributed by atoms with Crippen molar-refractivity contribution in [2.75, 3.05) is 18.0 Å². The van der Waals surface area contributed by atoms with E-state index in [1.54, 1.807) is 12.4 Å². The largest absolute Gasteiger partial charge is 0.354 e. The molecule has 7 nitrogen and oxygen atoms in total. The maximum absolute atomic E-state index is 12.5. The van der Waals surface area contributed by atoms with Crippen LogP contribution in [-0.4, -0.2) is 39.9 Å². The molecule has 27 heavy (non-hydrogen) atoms. The fourth-order valence-electron chi connectivity index (χ4n) is 4.64. The van der Waals surface area contributed by atoms with E-state index in [0.29, 0.717) is 18.9 Å². The number of aryl methyl sites for hydroxylation is 1. The lowest BCUT2D eigenvalue weighted by atomic mass is 9.70. The maximum atomic E-state index is 12.5. The van der Waals surface area contributed by atoms with Gasteiger partial charge in [0.15, 0.2) is 5.82 Å². The molecule has 2 unspecified atom stereocenters. The first-order valence-corrected chi connectivity index (χ1v) is 9.33. The second-order valence-electron chi connectivity index (χ2n) is 8.19. The highest BCUT2D eigenvalue weighted by Gasteiger charge is 2.66. The Kier molecular flexibility index (Phi) is 3.24. The molecule has 1 aliphatic carbocycles. The molecule has 5 rings (SSSR count). The minimum absolute atomic E-state index is 0.185. The van der Waals surface area contributed by atoms with Crippen molar-refractivity contribution in [1.29, 1.82) is 0 Å². The third-order valence-electron chi connectivity index (χ3n) is 6.59. The molecule has 2 saturated heterocycles. The molecule has 2 amide bonds. The van der Waals surface area contributed by atoms with Crippen LogP contribution in [0.1, 0.15) is 31.5 Å². The van der Waals surface area contributed by atoms with E-state index in [1.807, 2.05) is 26.0 Å². The molecule has 0 spiro atoms. The van der Waals surface area contributed by atoms with Crippen molar-refractivity contribution in [2.45, 2.75) is 33.1 Å². The summed E-state index contributed by atoms with van der Waals surface area (Å²) in [4.78, 5) is 40.9. The van der Waals surface area contributed by atoms with Crippen LogP contribution in [0.3, 0.4) is 0 Å². The standard InChI is InChI=1S/C20H21N5O2/c1-19-10-25(11-20(19,2)18(27)24-17(19)26)16-13-6-3-7-14(13)22-15(23-16)12-5-4-8-21-9-12/h4-5,8-9H,3,6-7,10-11H2,1-2H3,(H,24,26,27). The molecule has 0 saturated carbocycles. The Bertz CT molecular complexity index is 948. The molecule has 1 N–H and O–H groups in total. The molecular weight excluding hydrogens is 342 g/mol. The number of nitrogens with zero attached hydrogens (tertiary/aromatic N) is 4. The molecule has 138 valence electrons. The highest BCUT2D eigenvalue weighted by Crippen LogP contribution is 2.51. The Labute approximate surface area is 157 Å². The fraction of sp³-hybridized carbons (Fsp3) is 0.450. The quantitative estimate of drug-likeness (QED) is 0.814. The van der Waals surface area contributed by atoms with Crippen molar-refractivity contribution < 1.29 is 9.59 Å². The number of carbonyl (C=O) groups is 2. The van der Waals surface area contributed by atoms with Crippen LogP contribution in [0.4, 0.5) is 5.82 Å². The van der Waals surface area contributed by atoms with Crippen molar-refractivity contribution in [3.63, 3.8) is 0 Å². The summed E-state index contributed by atoms with van der Waals surface area (Å²) < 4.78 is 0. The van der Waals surface area contributed by atoms with Crippen LogP contribution in [0.5, 0.6) is 0 Å². The number of fused-ring (bicyclic) bond motifs is 2. The van der Waals surface area contributed by atoms with Crippen molar-refractivity contribution in [1.82, 2.24) is 20.3 Å². The average Bonchev–Trinajstić information content (AvgIpc) is 3.29. The summed E-state index contributed by atoms with van der Waals surface area (Å²) in [5, 5.41) is 2.52. The molecular formula is C20H21N5O2. The van der Waals surface area contributed by atoms with E-state index >= 15 is 0 Å². The van der Waals surface area contributed by atoms with Crippen LogP contribution in [0, 0.1) is 10.8 Å². The highest BCUT2D eigenvalue weighted by molar-refractivity contribution is 6.10. The Hall–Kier alpha value is -2.83. The Morgan fingerprint density at radius 1 is 1.07 bits per heavy atom. The number of hydrogen-bond acceptors (Lipinski definition) is 6. The van der Waals surface area contributed by atoms with Crippen molar-refractivity contribution >= 4 is 17.6 Å². The number of nitrogens with one attached hydrogen (secondary N) is 1. The lowest BCUT2D eigenvalue weighted by Gasteiger charge is -2.25. The number of hydrogen-bond donors (Lipinski definition) is 1. The number of pyridine rings is 1. The predicted molar refractivity (Wildman–Crippen MR) is 98.9 cm³/mol. The molecule has 3 aliphatic rings. The zero-order chi connectivity index (χ0) is 18.8. The third-order valence-corrected chi connectivity index (χ3v) is 6.59. The van der Waals surface area contributed by atoms with Gasteiger partial charge in [-0.05, 0) is 45.2 Å². The van der Waals surface area contributed by atoms with E-state index in [4.69, 9.17) is 9.97 Å². The first-order chi connectivity index (χ1) is 12.9. The van der Waals surface area contributed by atoms with Gasteiger partial charge in [0.25, 0.3) is 0 Å². The summed E-state index contributed by atoms with van der Waals surface area (Å²) in [7, 11) is 0. The van der Waals surface area contributed by atoms with Gasteiger partial charge in [0.05, 0.1) is 10.8 Å². The number of rotatable bonds is 2. The van der Waals surface area contributed by atoms with Gasteiger partial charge in [0.2, 0.25) is 11.8 Å². The molecule has 4 heterocycles. The van der Waals surface area contributed by atoms with E-state index in [1.165, 1.54) is 0 Å². The van der Waals surface area contributed by atoms with E-state index in [9.17, 15) is 9.59 Å². The lowest BCUT2D eigenvalue weighted by Crippen LogP contribution is -2.38. The van der Waals surface area contributed by atoms with Gasteiger partial charge in [-0.1, -0.05) is 0 Å². The molecule has 2 fully saturated rings. The molecule has 0 bridgehead atoms. The molecule has 2 aromatic rings. The Morgan fingerprint density at radius 2 is 1.81 bits per heavy atom. The maximum Gasteiger partial charge on any atom is 0.235 e. The van der Waals surface area contributed by atoms with Crippen LogP contribution >= 0.6 is 0 Å². The van der Waals surface area contributed by atoms with Gasteiger partial charge in [0.1, 0.15) is 5.82 Å². The average molecular weight is 363 g/mol. The minimum Gasteiger partial charge on any atom is -0.354 e.